The van der Waals surface area contributed by atoms with Gasteiger partial charge in [0.2, 0.25) is 0 Å². The highest BCUT2D eigenvalue weighted by Crippen LogP contribution is 2.24. The van der Waals surface area contributed by atoms with Crippen molar-refractivity contribution in [3.05, 3.63) is 40.5 Å². The maximum atomic E-state index is 12.2. The first-order chi connectivity index (χ1) is 9.52. The van der Waals surface area contributed by atoms with Crippen molar-refractivity contribution in [1.82, 2.24) is 10.2 Å². The van der Waals surface area contributed by atoms with Gasteiger partial charge < -0.3 is 15.8 Å². The number of rotatable bonds is 4. The molecule has 0 spiro atoms. The number of aromatic amines is 1. The molecule has 0 radical (unpaired) electrons. The van der Waals surface area contributed by atoms with Crippen LogP contribution in [0.5, 0.6) is 5.75 Å². The Hall–Kier alpha value is -2.12. The Labute approximate surface area is 125 Å². The van der Waals surface area contributed by atoms with Crippen molar-refractivity contribution < 1.29 is 9.53 Å². The summed E-state index contributed by atoms with van der Waals surface area (Å²) in [6.07, 6.45) is 1.44. The van der Waals surface area contributed by atoms with Crippen LogP contribution in [0.1, 0.15) is 15.9 Å². The summed E-state index contributed by atoms with van der Waals surface area (Å²) in [5.41, 5.74) is 6.32. The SMILES string of the molecule is COc1cc(Cl)ccc1C(=O)Nc1[nH]ncc1C(N)=S. The predicted molar refractivity (Wildman–Crippen MR) is 80.4 cm³/mol. The summed E-state index contributed by atoms with van der Waals surface area (Å²) >= 11 is 10.7. The summed E-state index contributed by atoms with van der Waals surface area (Å²) < 4.78 is 5.12. The van der Waals surface area contributed by atoms with E-state index in [4.69, 9.17) is 34.3 Å². The van der Waals surface area contributed by atoms with Crippen molar-refractivity contribution in [3.8, 4) is 5.75 Å². The molecule has 20 heavy (non-hydrogen) atoms. The van der Waals surface area contributed by atoms with Gasteiger partial charge >= 0.3 is 0 Å². The zero-order chi connectivity index (χ0) is 14.7. The summed E-state index contributed by atoms with van der Waals surface area (Å²) in [7, 11) is 1.46. The minimum atomic E-state index is -0.389. The van der Waals surface area contributed by atoms with E-state index in [2.05, 4.69) is 15.5 Å². The number of thiocarbonyl (C=S) groups is 1. The lowest BCUT2D eigenvalue weighted by Gasteiger charge is -2.09. The van der Waals surface area contributed by atoms with Crippen molar-refractivity contribution >= 4 is 40.5 Å². The van der Waals surface area contributed by atoms with Crippen molar-refractivity contribution in [3.63, 3.8) is 0 Å². The Morgan fingerprint density at radius 1 is 1.50 bits per heavy atom. The van der Waals surface area contributed by atoms with Gasteiger partial charge in [-0.1, -0.05) is 23.8 Å². The number of carbonyl (C=O) groups excluding carboxylic acids is 1. The average Bonchev–Trinajstić information content (AvgIpc) is 2.86. The van der Waals surface area contributed by atoms with Crippen molar-refractivity contribution in [2.24, 2.45) is 5.73 Å². The topological polar surface area (TPSA) is 93.0 Å². The van der Waals surface area contributed by atoms with E-state index >= 15 is 0 Å². The lowest BCUT2D eigenvalue weighted by molar-refractivity contribution is 0.102. The molecule has 0 saturated heterocycles. The van der Waals surface area contributed by atoms with Gasteiger partial charge in [-0.15, -0.1) is 0 Å². The van der Waals surface area contributed by atoms with E-state index < -0.39 is 0 Å². The number of halogens is 1. The zero-order valence-electron chi connectivity index (χ0n) is 10.4. The van der Waals surface area contributed by atoms with Crippen LogP contribution in [0.2, 0.25) is 5.02 Å². The summed E-state index contributed by atoms with van der Waals surface area (Å²) in [4.78, 5) is 12.3. The number of anilines is 1. The molecule has 1 aromatic carbocycles. The number of nitrogens with zero attached hydrogens (tertiary/aromatic N) is 1. The molecule has 0 fully saturated rings. The number of carbonyl (C=O) groups is 1. The van der Waals surface area contributed by atoms with Gasteiger partial charge in [-0.3, -0.25) is 9.89 Å². The van der Waals surface area contributed by atoms with Crippen LogP contribution in [0, 0.1) is 0 Å². The number of hydrogen-bond donors (Lipinski definition) is 3. The molecule has 8 heteroatoms. The van der Waals surface area contributed by atoms with Gasteiger partial charge in [0, 0.05) is 5.02 Å². The lowest BCUT2D eigenvalue weighted by atomic mass is 10.2. The van der Waals surface area contributed by atoms with Crippen LogP contribution in [0.15, 0.2) is 24.4 Å². The van der Waals surface area contributed by atoms with Crippen LogP contribution < -0.4 is 15.8 Å². The van der Waals surface area contributed by atoms with Crippen molar-refractivity contribution in [2.45, 2.75) is 0 Å². The molecule has 0 aliphatic rings. The third-order valence-electron chi connectivity index (χ3n) is 2.55. The maximum Gasteiger partial charge on any atom is 0.260 e. The number of H-pyrrole nitrogens is 1. The number of aromatic nitrogens is 2. The second kappa shape index (κ2) is 5.89. The highest BCUT2D eigenvalue weighted by molar-refractivity contribution is 7.80. The molecule has 0 atom stereocenters. The van der Waals surface area contributed by atoms with E-state index in [0.29, 0.717) is 27.7 Å². The zero-order valence-corrected chi connectivity index (χ0v) is 12.0. The maximum absolute atomic E-state index is 12.2. The number of amides is 1. The fourth-order valence-electron chi connectivity index (χ4n) is 1.60. The third kappa shape index (κ3) is 2.89. The lowest BCUT2D eigenvalue weighted by Crippen LogP contribution is -2.17. The van der Waals surface area contributed by atoms with Gasteiger partial charge in [-0.05, 0) is 18.2 Å². The smallest absolute Gasteiger partial charge is 0.260 e. The standard InChI is InChI=1S/C12H11ClN4O2S/c1-19-9-4-6(13)2-3-7(9)12(18)16-11-8(10(14)20)5-15-17-11/h2-5H,1H3,(H2,14,20)(H2,15,16,17,18). The predicted octanol–water partition coefficient (Wildman–Crippen LogP) is 1.96. The average molecular weight is 311 g/mol. The molecule has 1 amide bonds. The Bertz CT molecular complexity index is 671. The summed E-state index contributed by atoms with van der Waals surface area (Å²) in [6.45, 7) is 0. The van der Waals surface area contributed by atoms with Crippen molar-refractivity contribution in [2.75, 3.05) is 12.4 Å². The highest BCUT2D eigenvalue weighted by Gasteiger charge is 2.16. The summed E-state index contributed by atoms with van der Waals surface area (Å²) in [6, 6.07) is 4.71. The summed E-state index contributed by atoms with van der Waals surface area (Å²) in [5.74, 6) is 0.311. The van der Waals surface area contributed by atoms with Crippen molar-refractivity contribution in [1.29, 1.82) is 0 Å². The van der Waals surface area contributed by atoms with Gasteiger partial charge in [0.1, 0.15) is 16.6 Å². The Kier molecular flexibility index (Phi) is 4.21. The number of nitrogens with one attached hydrogen (secondary N) is 2. The Balaban J connectivity index is 2.28. The molecule has 6 nitrogen and oxygen atoms in total. The van der Waals surface area contributed by atoms with Gasteiger partial charge in [-0.2, -0.15) is 5.10 Å². The molecule has 0 unspecified atom stereocenters. The molecule has 0 saturated carbocycles. The van der Waals surface area contributed by atoms with Crippen LogP contribution in [0.3, 0.4) is 0 Å². The van der Waals surface area contributed by atoms with Gasteiger partial charge in [0.05, 0.1) is 24.4 Å². The van der Waals surface area contributed by atoms with E-state index in [1.54, 1.807) is 18.2 Å². The second-order valence-corrected chi connectivity index (χ2v) is 4.70. The molecule has 0 aliphatic carbocycles. The quantitative estimate of drug-likeness (QED) is 0.751. The first kappa shape index (κ1) is 14.3. The van der Waals surface area contributed by atoms with Crippen LogP contribution in [-0.2, 0) is 0 Å². The third-order valence-corrected chi connectivity index (χ3v) is 3.01. The van der Waals surface area contributed by atoms with Gasteiger partial charge in [0.15, 0.2) is 0 Å². The molecule has 0 aliphatic heterocycles. The van der Waals surface area contributed by atoms with Crippen LogP contribution in [0.25, 0.3) is 0 Å². The fraction of sp³-hybridized carbons (Fsp3) is 0.0833. The normalized spacial score (nSPS) is 10.1. The fourth-order valence-corrected chi connectivity index (χ4v) is 1.92. The number of benzene rings is 1. The van der Waals surface area contributed by atoms with E-state index in [0.717, 1.165) is 0 Å². The molecular formula is C12H11ClN4O2S. The first-order valence-corrected chi connectivity index (χ1v) is 6.29. The van der Waals surface area contributed by atoms with Gasteiger partial charge in [-0.25, -0.2) is 0 Å². The van der Waals surface area contributed by atoms with E-state index in [-0.39, 0.29) is 10.9 Å². The minimum absolute atomic E-state index is 0.136. The monoisotopic (exact) mass is 310 g/mol. The van der Waals surface area contributed by atoms with Crippen LogP contribution in [-0.4, -0.2) is 28.2 Å². The number of nitrogens with two attached hydrogens (primary N) is 1. The highest BCUT2D eigenvalue weighted by atomic mass is 35.5. The minimum Gasteiger partial charge on any atom is -0.496 e. The molecule has 4 N–H and O–H groups in total. The van der Waals surface area contributed by atoms with Crippen LogP contribution in [0.4, 0.5) is 5.82 Å². The van der Waals surface area contributed by atoms with E-state index in [1.807, 2.05) is 0 Å². The molecule has 104 valence electrons. The van der Waals surface area contributed by atoms with Crippen LogP contribution >= 0.6 is 23.8 Å². The van der Waals surface area contributed by atoms with E-state index in [9.17, 15) is 4.79 Å². The number of methoxy groups -OCH3 is 1. The molecular weight excluding hydrogens is 300 g/mol. The molecule has 1 aromatic heterocycles. The van der Waals surface area contributed by atoms with Gasteiger partial charge in [0.25, 0.3) is 5.91 Å². The number of ether oxygens (including phenoxy) is 1. The molecule has 0 bridgehead atoms. The first-order valence-electron chi connectivity index (χ1n) is 5.51. The Morgan fingerprint density at radius 2 is 2.25 bits per heavy atom. The largest absolute Gasteiger partial charge is 0.496 e. The molecule has 2 rings (SSSR count). The second-order valence-electron chi connectivity index (χ2n) is 3.82. The Morgan fingerprint density at radius 3 is 2.90 bits per heavy atom. The number of hydrogen-bond acceptors (Lipinski definition) is 4. The summed E-state index contributed by atoms with van der Waals surface area (Å²) in [5, 5.41) is 9.52. The molecule has 1 heterocycles. The van der Waals surface area contributed by atoms with E-state index in [1.165, 1.54) is 13.3 Å². The molecule has 2 aromatic rings.